The first kappa shape index (κ1) is 18.3. The summed E-state index contributed by atoms with van der Waals surface area (Å²) in [4.78, 5) is 36.0. The van der Waals surface area contributed by atoms with E-state index in [0.717, 1.165) is 31.7 Å². The van der Waals surface area contributed by atoms with E-state index in [1.807, 2.05) is 18.2 Å². The maximum absolute atomic E-state index is 12.3. The molecule has 1 atom stereocenters. The molecule has 7 heteroatoms. The summed E-state index contributed by atoms with van der Waals surface area (Å²) >= 11 is 0. The summed E-state index contributed by atoms with van der Waals surface area (Å²) < 4.78 is 0. The predicted molar refractivity (Wildman–Crippen MR) is 102 cm³/mol. The second-order valence-electron chi connectivity index (χ2n) is 6.55. The highest BCUT2D eigenvalue weighted by Crippen LogP contribution is 2.19. The van der Waals surface area contributed by atoms with E-state index in [-0.39, 0.29) is 17.5 Å². The summed E-state index contributed by atoms with van der Waals surface area (Å²) in [5, 5.41) is 3.41. The number of nitrogens with zero attached hydrogens (tertiary/aromatic N) is 3. The van der Waals surface area contributed by atoms with E-state index >= 15 is 0 Å². The first-order chi connectivity index (χ1) is 12.6. The van der Waals surface area contributed by atoms with E-state index < -0.39 is 0 Å². The van der Waals surface area contributed by atoms with E-state index in [4.69, 9.17) is 0 Å². The third-order valence-corrected chi connectivity index (χ3v) is 4.79. The first-order valence-electron chi connectivity index (χ1n) is 8.91. The number of aromatic nitrogens is 2. The number of nitrogens with one attached hydrogen (secondary N) is 2. The van der Waals surface area contributed by atoms with Gasteiger partial charge in [0, 0.05) is 32.7 Å². The topological polar surface area (TPSA) is 81.3 Å². The van der Waals surface area contributed by atoms with Crippen LogP contribution >= 0.6 is 0 Å². The van der Waals surface area contributed by atoms with Gasteiger partial charge in [-0.3, -0.25) is 19.4 Å². The molecular formula is C19H25N5O2. The Bertz CT molecular complexity index is 839. The molecule has 0 spiro atoms. The number of fused-ring (bicyclic) bond motifs is 1. The molecule has 1 saturated heterocycles. The molecule has 1 amide bonds. The second-order valence-corrected chi connectivity index (χ2v) is 6.55. The summed E-state index contributed by atoms with van der Waals surface area (Å²) in [7, 11) is 0. The van der Waals surface area contributed by atoms with Gasteiger partial charge in [0.1, 0.15) is 5.82 Å². The van der Waals surface area contributed by atoms with Crippen LogP contribution in [0.2, 0.25) is 0 Å². The molecule has 0 unspecified atom stereocenters. The van der Waals surface area contributed by atoms with Gasteiger partial charge in [0.25, 0.3) is 5.56 Å². The summed E-state index contributed by atoms with van der Waals surface area (Å²) in [6.45, 7) is 9.82. The number of amides is 1. The van der Waals surface area contributed by atoms with Gasteiger partial charge in [0.2, 0.25) is 5.91 Å². The summed E-state index contributed by atoms with van der Waals surface area (Å²) in [6.07, 6.45) is 1.68. The zero-order chi connectivity index (χ0) is 18.5. The largest absolute Gasteiger partial charge is 0.352 e. The molecule has 1 aliphatic rings. The van der Waals surface area contributed by atoms with E-state index in [0.29, 0.717) is 24.3 Å². The van der Waals surface area contributed by atoms with Gasteiger partial charge < -0.3 is 10.3 Å². The van der Waals surface area contributed by atoms with Crippen LogP contribution in [0.1, 0.15) is 18.8 Å². The Morgan fingerprint density at radius 1 is 1.35 bits per heavy atom. The zero-order valence-corrected chi connectivity index (χ0v) is 15.1. The minimum absolute atomic E-state index is 0.0176. The molecule has 3 rings (SSSR count). The van der Waals surface area contributed by atoms with Gasteiger partial charge in [-0.1, -0.05) is 18.2 Å². The Balaban J connectivity index is 1.62. The SMILES string of the molecule is C=CCNC(=O)CN1CCN([C@H](C)c2nc3ccccc3c(=O)[nH]2)CC1. The third kappa shape index (κ3) is 4.17. The van der Waals surface area contributed by atoms with Crippen molar-refractivity contribution in [2.45, 2.75) is 13.0 Å². The molecule has 26 heavy (non-hydrogen) atoms. The Hall–Kier alpha value is -2.51. The molecule has 2 aromatic rings. The number of hydrogen-bond acceptors (Lipinski definition) is 5. The van der Waals surface area contributed by atoms with Crippen LogP contribution in [0.25, 0.3) is 10.9 Å². The lowest BCUT2D eigenvalue weighted by atomic mass is 10.2. The van der Waals surface area contributed by atoms with Crippen molar-refractivity contribution in [3.63, 3.8) is 0 Å². The summed E-state index contributed by atoms with van der Waals surface area (Å²) in [5.41, 5.74) is 0.616. The van der Waals surface area contributed by atoms with E-state index in [9.17, 15) is 9.59 Å². The third-order valence-electron chi connectivity index (χ3n) is 4.79. The lowest BCUT2D eigenvalue weighted by Gasteiger charge is -2.37. The fourth-order valence-corrected chi connectivity index (χ4v) is 3.23. The number of piperazine rings is 1. The lowest BCUT2D eigenvalue weighted by molar-refractivity contribution is -0.122. The molecule has 1 aromatic heterocycles. The Morgan fingerprint density at radius 3 is 2.81 bits per heavy atom. The van der Waals surface area contributed by atoms with Crippen molar-refractivity contribution < 1.29 is 4.79 Å². The van der Waals surface area contributed by atoms with Crippen molar-refractivity contribution in [2.24, 2.45) is 0 Å². The Labute approximate surface area is 152 Å². The second kappa shape index (κ2) is 8.25. The van der Waals surface area contributed by atoms with Crippen LogP contribution < -0.4 is 10.9 Å². The molecule has 0 saturated carbocycles. The van der Waals surface area contributed by atoms with Crippen LogP contribution in [0.3, 0.4) is 0 Å². The number of carbonyl (C=O) groups excluding carboxylic acids is 1. The minimum atomic E-state index is -0.102. The van der Waals surface area contributed by atoms with Gasteiger partial charge >= 0.3 is 0 Å². The predicted octanol–water partition coefficient (Wildman–Crippen LogP) is 0.904. The van der Waals surface area contributed by atoms with Gasteiger partial charge in [0.05, 0.1) is 23.5 Å². The van der Waals surface area contributed by atoms with Crippen molar-refractivity contribution in [3.05, 3.63) is 53.1 Å². The van der Waals surface area contributed by atoms with Gasteiger partial charge in [-0.2, -0.15) is 0 Å². The normalized spacial score (nSPS) is 17.1. The van der Waals surface area contributed by atoms with E-state index in [1.165, 1.54) is 0 Å². The van der Waals surface area contributed by atoms with Crippen molar-refractivity contribution >= 4 is 16.8 Å². The smallest absolute Gasteiger partial charge is 0.258 e. The van der Waals surface area contributed by atoms with Gasteiger partial charge in [0.15, 0.2) is 0 Å². The lowest BCUT2D eigenvalue weighted by Crippen LogP contribution is -2.50. The fraction of sp³-hybridized carbons (Fsp3) is 0.421. The molecule has 7 nitrogen and oxygen atoms in total. The number of carbonyl (C=O) groups is 1. The van der Waals surface area contributed by atoms with Crippen molar-refractivity contribution in [2.75, 3.05) is 39.3 Å². The Morgan fingerprint density at radius 2 is 2.08 bits per heavy atom. The maximum atomic E-state index is 12.3. The standard InChI is InChI=1S/C19H25N5O2/c1-3-8-20-17(25)13-23-9-11-24(12-10-23)14(2)18-21-16-7-5-4-6-15(16)19(26)22-18/h3-7,14H,1,8-13H2,2H3,(H,20,25)(H,21,22,26)/t14-/m1/s1. The highest BCUT2D eigenvalue weighted by atomic mass is 16.2. The number of benzene rings is 1. The number of H-pyrrole nitrogens is 1. The maximum Gasteiger partial charge on any atom is 0.258 e. The molecule has 0 bridgehead atoms. The summed E-state index contributed by atoms with van der Waals surface area (Å²) in [6, 6.07) is 7.39. The van der Waals surface area contributed by atoms with Gasteiger partial charge in [-0.25, -0.2) is 4.98 Å². The van der Waals surface area contributed by atoms with E-state index in [1.54, 1.807) is 12.1 Å². The van der Waals surface area contributed by atoms with Crippen molar-refractivity contribution in [1.29, 1.82) is 0 Å². The van der Waals surface area contributed by atoms with Crippen LogP contribution in [-0.4, -0.2) is 64.9 Å². The average Bonchev–Trinajstić information content (AvgIpc) is 2.66. The molecule has 1 aromatic carbocycles. The molecule has 1 aliphatic heterocycles. The van der Waals surface area contributed by atoms with Crippen LogP contribution in [0, 0.1) is 0 Å². The molecule has 0 radical (unpaired) electrons. The molecule has 2 N–H and O–H groups in total. The molecular weight excluding hydrogens is 330 g/mol. The van der Waals surface area contributed by atoms with Crippen molar-refractivity contribution in [1.82, 2.24) is 25.1 Å². The van der Waals surface area contributed by atoms with Crippen molar-refractivity contribution in [3.8, 4) is 0 Å². The molecule has 0 aliphatic carbocycles. The quantitative estimate of drug-likeness (QED) is 0.753. The Kier molecular flexibility index (Phi) is 5.80. The molecule has 2 heterocycles. The molecule has 1 fully saturated rings. The number of rotatable bonds is 6. The monoisotopic (exact) mass is 355 g/mol. The van der Waals surface area contributed by atoms with E-state index in [2.05, 4.69) is 38.6 Å². The highest BCUT2D eigenvalue weighted by molar-refractivity contribution is 5.78. The van der Waals surface area contributed by atoms with Crippen LogP contribution in [0.4, 0.5) is 0 Å². The van der Waals surface area contributed by atoms with Crippen LogP contribution in [0.15, 0.2) is 41.7 Å². The number of para-hydroxylation sites is 1. The average molecular weight is 355 g/mol. The van der Waals surface area contributed by atoms with Crippen LogP contribution in [0.5, 0.6) is 0 Å². The first-order valence-corrected chi connectivity index (χ1v) is 8.91. The minimum Gasteiger partial charge on any atom is -0.352 e. The van der Waals surface area contributed by atoms with Gasteiger partial charge in [-0.15, -0.1) is 6.58 Å². The summed E-state index contributed by atoms with van der Waals surface area (Å²) in [5.74, 6) is 0.706. The molecule has 138 valence electrons. The zero-order valence-electron chi connectivity index (χ0n) is 15.1. The van der Waals surface area contributed by atoms with Gasteiger partial charge in [-0.05, 0) is 19.1 Å². The number of aromatic amines is 1. The number of hydrogen-bond donors (Lipinski definition) is 2. The van der Waals surface area contributed by atoms with Crippen LogP contribution in [-0.2, 0) is 4.79 Å². The fourth-order valence-electron chi connectivity index (χ4n) is 3.23. The highest BCUT2D eigenvalue weighted by Gasteiger charge is 2.24.